The van der Waals surface area contributed by atoms with Crippen LogP contribution in [0, 0.1) is 0 Å². The number of rotatable bonds is 6. The standard InChI is InChI=1S/C12H18ClNO/c1-14-8-4-3-5-10-9-11(15-2)6-7-12(10)13/h6-7,9,14H,3-5,8H2,1-2H3. The molecule has 0 atom stereocenters. The van der Waals surface area contributed by atoms with Crippen molar-refractivity contribution in [2.45, 2.75) is 19.3 Å². The van der Waals surface area contributed by atoms with Gasteiger partial charge >= 0.3 is 0 Å². The largest absolute Gasteiger partial charge is 0.497 e. The van der Waals surface area contributed by atoms with Crippen molar-refractivity contribution in [1.82, 2.24) is 5.32 Å². The molecule has 1 rings (SSSR count). The molecule has 0 aliphatic heterocycles. The predicted octanol–water partition coefficient (Wildman–Crippen LogP) is 2.89. The molecule has 0 radical (unpaired) electrons. The molecule has 0 heterocycles. The van der Waals surface area contributed by atoms with Gasteiger partial charge in [-0.25, -0.2) is 0 Å². The number of ether oxygens (including phenoxy) is 1. The number of benzene rings is 1. The lowest BCUT2D eigenvalue weighted by Crippen LogP contribution is -2.07. The highest BCUT2D eigenvalue weighted by Gasteiger charge is 2.02. The summed E-state index contributed by atoms with van der Waals surface area (Å²) in [4.78, 5) is 0. The molecule has 15 heavy (non-hydrogen) atoms. The first kappa shape index (κ1) is 12.3. The summed E-state index contributed by atoms with van der Waals surface area (Å²) < 4.78 is 5.17. The topological polar surface area (TPSA) is 21.3 Å². The van der Waals surface area contributed by atoms with Gasteiger partial charge in [0, 0.05) is 5.02 Å². The van der Waals surface area contributed by atoms with E-state index in [2.05, 4.69) is 5.32 Å². The number of hydrogen-bond acceptors (Lipinski definition) is 2. The highest BCUT2D eigenvalue weighted by Crippen LogP contribution is 2.23. The van der Waals surface area contributed by atoms with Crippen molar-refractivity contribution in [3.63, 3.8) is 0 Å². The Morgan fingerprint density at radius 1 is 1.33 bits per heavy atom. The summed E-state index contributed by atoms with van der Waals surface area (Å²) >= 11 is 6.09. The molecule has 0 spiro atoms. The average molecular weight is 228 g/mol. The highest BCUT2D eigenvalue weighted by molar-refractivity contribution is 6.31. The van der Waals surface area contributed by atoms with Crippen LogP contribution in [-0.4, -0.2) is 20.7 Å². The van der Waals surface area contributed by atoms with Crippen LogP contribution in [0.4, 0.5) is 0 Å². The van der Waals surface area contributed by atoms with E-state index >= 15 is 0 Å². The van der Waals surface area contributed by atoms with Gasteiger partial charge in [0.2, 0.25) is 0 Å². The van der Waals surface area contributed by atoms with Gasteiger partial charge in [-0.2, -0.15) is 0 Å². The Morgan fingerprint density at radius 2 is 2.13 bits per heavy atom. The van der Waals surface area contributed by atoms with Crippen molar-refractivity contribution in [1.29, 1.82) is 0 Å². The zero-order valence-electron chi connectivity index (χ0n) is 9.35. The summed E-state index contributed by atoms with van der Waals surface area (Å²) in [5, 5.41) is 3.97. The molecule has 1 aromatic rings. The number of hydrogen-bond donors (Lipinski definition) is 1. The fourth-order valence-electron chi connectivity index (χ4n) is 1.49. The van der Waals surface area contributed by atoms with Crippen LogP contribution in [0.1, 0.15) is 18.4 Å². The molecule has 84 valence electrons. The van der Waals surface area contributed by atoms with E-state index in [1.165, 1.54) is 12.0 Å². The van der Waals surface area contributed by atoms with Crippen LogP contribution in [-0.2, 0) is 6.42 Å². The van der Waals surface area contributed by atoms with Gasteiger partial charge in [0.25, 0.3) is 0 Å². The van der Waals surface area contributed by atoms with Crippen LogP contribution in [0.5, 0.6) is 5.75 Å². The molecule has 1 N–H and O–H groups in total. The molecule has 0 saturated carbocycles. The number of aryl methyl sites for hydroxylation is 1. The van der Waals surface area contributed by atoms with E-state index in [9.17, 15) is 0 Å². The summed E-state index contributed by atoms with van der Waals surface area (Å²) in [6, 6.07) is 5.80. The Morgan fingerprint density at radius 3 is 2.80 bits per heavy atom. The molecule has 0 aliphatic rings. The molecule has 0 amide bonds. The molecule has 0 fully saturated rings. The fourth-order valence-corrected chi connectivity index (χ4v) is 1.70. The van der Waals surface area contributed by atoms with Gasteiger partial charge in [0.1, 0.15) is 5.75 Å². The fraction of sp³-hybridized carbons (Fsp3) is 0.500. The van der Waals surface area contributed by atoms with Crippen molar-refractivity contribution >= 4 is 11.6 Å². The molecule has 0 bridgehead atoms. The van der Waals surface area contributed by atoms with Crippen LogP contribution in [0.25, 0.3) is 0 Å². The van der Waals surface area contributed by atoms with Crippen LogP contribution >= 0.6 is 11.6 Å². The number of nitrogens with one attached hydrogen (secondary N) is 1. The van der Waals surface area contributed by atoms with Crippen LogP contribution in [0.15, 0.2) is 18.2 Å². The number of unbranched alkanes of at least 4 members (excludes halogenated alkanes) is 1. The van der Waals surface area contributed by atoms with Crippen LogP contribution < -0.4 is 10.1 Å². The monoisotopic (exact) mass is 227 g/mol. The molecule has 3 heteroatoms. The Hall–Kier alpha value is -0.730. The van der Waals surface area contributed by atoms with Crippen molar-refractivity contribution < 1.29 is 4.74 Å². The molecule has 0 unspecified atom stereocenters. The summed E-state index contributed by atoms with van der Waals surface area (Å²) in [7, 11) is 3.65. The zero-order chi connectivity index (χ0) is 11.1. The maximum absolute atomic E-state index is 6.09. The van der Waals surface area contributed by atoms with Gasteiger partial charge < -0.3 is 10.1 Å². The second-order valence-corrected chi connectivity index (χ2v) is 3.93. The van der Waals surface area contributed by atoms with Gasteiger partial charge in [-0.3, -0.25) is 0 Å². The normalized spacial score (nSPS) is 10.3. The summed E-state index contributed by atoms with van der Waals surface area (Å²) in [6.45, 7) is 1.06. The first-order chi connectivity index (χ1) is 7.27. The first-order valence-corrected chi connectivity index (χ1v) is 5.62. The number of halogens is 1. The van der Waals surface area contributed by atoms with E-state index in [0.717, 1.165) is 30.2 Å². The molecule has 0 saturated heterocycles. The lowest BCUT2D eigenvalue weighted by molar-refractivity contribution is 0.414. The lowest BCUT2D eigenvalue weighted by atomic mass is 10.1. The van der Waals surface area contributed by atoms with E-state index in [4.69, 9.17) is 16.3 Å². The Labute approximate surface area is 96.6 Å². The van der Waals surface area contributed by atoms with Crippen LogP contribution in [0.2, 0.25) is 5.02 Å². The number of methoxy groups -OCH3 is 1. The molecule has 0 aliphatic carbocycles. The minimum Gasteiger partial charge on any atom is -0.497 e. The maximum atomic E-state index is 6.09. The van der Waals surface area contributed by atoms with Gasteiger partial charge in [0.05, 0.1) is 7.11 Å². The Bertz CT molecular complexity index is 302. The predicted molar refractivity (Wildman–Crippen MR) is 64.9 cm³/mol. The third-order valence-electron chi connectivity index (χ3n) is 2.38. The first-order valence-electron chi connectivity index (χ1n) is 5.25. The van der Waals surface area contributed by atoms with Crippen molar-refractivity contribution in [3.8, 4) is 5.75 Å². The third kappa shape index (κ3) is 4.10. The lowest BCUT2D eigenvalue weighted by Gasteiger charge is -2.06. The Kier molecular flexibility index (Phi) is 5.51. The van der Waals surface area contributed by atoms with E-state index in [0.29, 0.717) is 0 Å². The highest BCUT2D eigenvalue weighted by atomic mass is 35.5. The molecular formula is C12H18ClNO. The minimum atomic E-state index is 0.834. The van der Waals surface area contributed by atoms with E-state index in [1.807, 2.05) is 25.2 Å². The molecule has 2 nitrogen and oxygen atoms in total. The van der Waals surface area contributed by atoms with Crippen molar-refractivity contribution in [2.24, 2.45) is 0 Å². The van der Waals surface area contributed by atoms with Gasteiger partial charge in [-0.15, -0.1) is 0 Å². The Balaban J connectivity index is 2.51. The van der Waals surface area contributed by atoms with Crippen molar-refractivity contribution in [2.75, 3.05) is 20.7 Å². The van der Waals surface area contributed by atoms with E-state index in [-0.39, 0.29) is 0 Å². The molecule has 0 aromatic heterocycles. The quantitative estimate of drug-likeness (QED) is 0.755. The summed E-state index contributed by atoms with van der Waals surface area (Å²) in [5.74, 6) is 0.878. The van der Waals surface area contributed by atoms with Gasteiger partial charge in [-0.05, 0) is 56.6 Å². The van der Waals surface area contributed by atoms with E-state index < -0.39 is 0 Å². The van der Waals surface area contributed by atoms with E-state index in [1.54, 1.807) is 7.11 Å². The molecule has 1 aromatic carbocycles. The van der Waals surface area contributed by atoms with Gasteiger partial charge in [-0.1, -0.05) is 11.6 Å². The average Bonchev–Trinajstić information content (AvgIpc) is 2.26. The second kappa shape index (κ2) is 6.70. The third-order valence-corrected chi connectivity index (χ3v) is 2.74. The zero-order valence-corrected chi connectivity index (χ0v) is 10.1. The maximum Gasteiger partial charge on any atom is 0.119 e. The SMILES string of the molecule is CNCCCCc1cc(OC)ccc1Cl. The minimum absolute atomic E-state index is 0.834. The van der Waals surface area contributed by atoms with Crippen molar-refractivity contribution in [3.05, 3.63) is 28.8 Å². The van der Waals surface area contributed by atoms with Gasteiger partial charge in [0.15, 0.2) is 0 Å². The summed E-state index contributed by atoms with van der Waals surface area (Å²) in [6.07, 6.45) is 3.33. The summed E-state index contributed by atoms with van der Waals surface area (Å²) in [5.41, 5.74) is 1.17. The van der Waals surface area contributed by atoms with Crippen LogP contribution in [0.3, 0.4) is 0 Å². The second-order valence-electron chi connectivity index (χ2n) is 3.52. The smallest absolute Gasteiger partial charge is 0.119 e. The molecular weight excluding hydrogens is 210 g/mol.